The Balaban J connectivity index is 1.50. The first-order valence-electron chi connectivity index (χ1n) is 11.7. The first-order chi connectivity index (χ1) is 15.5. The predicted octanol–water partition coefficient (Wildman–Crippen LogP) is 5.17. The van der Waals surface area contributed by atoms with Crippen LogP contribution in [-0.4, -0.2) is 39.4 Å². The summed E-state index contributed by atoms with van der Waals surface area (Å²) < 4.78 is 3.15. The van der Waals surface area contributed by atoms with E-state index in [9.17, 15) is 9.59 Å². The van der Waals surface area contributed by atoms with Crippen LogP contribution in [0, 0.1) is 0 Å². The van der Waals surface area contributed by atoms with E-state index in [1.54, 1.807) is 11.3 Å². The van der Waals surface area contributed by atoms with Gasteiger partial charge in [-0.25, -0.2) is 0 Å². The summed E-state index contributed by atoms with van der Waals surface area (Å²) in [4.78, 5) is 29.4. The molecule has 0 radical (unpaired) electrons. The minimum absolute atomic E-state index is 0.0271. The van der Waals surface area contributed by atoms with Crippen molar-refractivity contribution in [2.24, 2.45) is 0 Å². The maximum atomic E-state index is 13.8. The van der Waals surface area contributed by atoms with Crippen LogP contribution in [0.15, 0.2) is 47.8 Å². The molecule has 1 aliphatic heterocycles. The highest BCUT2D eigenvalue weighted by Gasteiger charge is 2.48. The number of fused-ring (bicyclic) bond motifs is 3. The molecule has 1 aliphatic carbocycles. The van der Waals surface area contributed by atoms with Crippen LogP contribution >= 0.6 is 11.3 Å². The number of nitrogens with zero attached hydrogens (tertiary/aromatic N) is 2. The second-order valence-corrected chi connectivity index (χ2v) is 10.5. The van der Waals surface area contributed by atoms with Crippen molar-refractivity contribution in [3.8, 4) is 0 Å². The fourth-order valence-electron chi connectivity index (χ4n) is 5.31. The van der Waals surface area contributed by atoms with Gasteiger partial charge < -0.3 is 14.8 Å². The van der Waals surface area contributed by atoms with E-state index in [0.717, 1.165) is 35.9 Å². The largest absolute Gasteiger partial charge is 0.351 e. The normalized spacial score (nSPS) is 22.7. The van der Waals surface area contributed by atoms with E-state index in [-0.39, 0.29) is 23.8 Å². The number of carbonyl (C=O) groups is 2. The maximum absolute atomic E-state index is 13.8. The fourth-order valence-corrected chi connectivity index (χ4v) is 6.13. The second-order valence-electron chi connectivity index (χ2n) is 9.60. The third-order valence-electron chi connectivity index (χ3n) is 7.30. The average Bonchev–Trinajstić information content (AvgIpc) is 3.40. The molecule has 0 spiro atoms. The van der Waals surface area contributed by atoms with Crippen LogP contribution in [0.4, 0.5) is 0 Å². The lowest BCUT2D eigenvalue weighted by Gasteiger charge is -2.45. The van der Waals surface area contributed by atoms with E-state index in [2.05, 4.69) is 35.0 Å². The van der Waals surface area contributed by atoms with Gasteiger partial charge in [-0.05, 0) is 48.8 Å². The van der Waals surface area contributed by atoms with E-state index < -0.39 is 5.54 Å². The van der Waals surface area contributed by atoms with Crippen LogP contribution in [0.3, 0.4) is 0 Å². The number of hydrogen-bond acceptors (Lipinski definition) is 3. The summed E-state index contributed by atoms with van der Waals surface area (Å²) in [5, 5.41) is 5.36. The van der Waals surface area contributed by atoms with Gasteiger partial charge in [0.2, 0.25) is 5.91 Å². The standard InChI is InChI=1S/C26H31N3O2S/c1-18(19-9-5-3-6-10-19)16-29-24(30)22-15-23-21(13-14-32-23)28(22)17-26(29,2)25(31)27-20-11-7-4-8-12-20/h3,5-6,9-10,13-15,18,20H,4,7-8,11-12,16-17H2,1-2H3,(H,27,31)/t18-,26+/m0/s1. The first-order valence-corrected chi connectivity index (χ1v) is 12.6. The number of thiophene rings is 1. The smallest absolute Gasteiger partial charge is 0.271 e. The molecular formula is C26H31N3O2S. The first kappa shape index (κ1) is 21.3. The van der Waals surface area contributed by atoms with Gasteiger partial charge in [0.05, 0.1) is 16.8 Å². The molecule has 1 aromatic carbocycles. The predicted molar refractivity (Wildman–Crippen MR) is 129 cm³/mol. The van der Waals surface area contributed by atoms with E-state index in [1.165, 1.54) is 12.0 Å². The lowest BCUT2D eigenvalue weighted by Crippen LogP contribution is -2.65. The molecule has 5 rings (SSSR count). The topological polar surface area (TPSA) is 54.3 Å². The van der Waals surface area contributed by atoms with E-state index in [1.807, 2.05) is 41.5 Å². The molecule has 0 bridgehead atoms. The zero-order valence-corrected chi connectivity index (χ0v) is 19.7. The van der Waals surface area contributed by atoms with Gasteiger partial charge in [0.1, 0.15) is 11.2 Å². The van der Waals surface area contributed by atoms with Crippen LogP contribution < -0.4 is 5.32 Å². The highest BCUT2D eigenvalue weighted by molar-refractivity contribution is 7.17. The van der Waals surface area contributed by atoms with Gasteiger partial charge in [-0.3, -0.25) is 9.59 Å². The highest BCUT2D eigenvalue weighted by Crippen LogP contribution is 2.36. The monoisotopic (exact) mass is 449 g/mol. The summed E-state index contributed by atoms with van der Waals surface area (Å²) in [6, 6.07) is 14.5. The summed E-state index contributed by atoms with van der Waals surface area (Å²) >= 11 is 1.64. The molecular weight excluding hydrogens is 418 g/mol. The van der Waals surface area contributed by atoms with E-state index in [4.69, 9.17) is 0 Å². The quantitative estimate of drug-likeness (QED) is 0.584. The Kier molecular flexibility index (Phi) is 5.58. The van der Waals surface area contributed by atoms with Crippen LogP contribution in [0.25, 0.3) is 10.2 Å². The Hall–Kier alpha value is -2.60. The summed E-state index contributed by atoms with van der Waals surface area (Å²) in [5.74, 6) is 0.0500. The number of nitrogens with one attached hydrogen (secondary N) is 1. The van der Waals surface area contributed by atoms with E-state index >= 15 is 0 Å². The molecule has 2 aliphatic rings. The van der Waals surface area contributed by atoms with Gasteiger partial charge in [-0.2, -0.15) is 0 Å². The van der Waals surface area contributed by atoms with Crippen molar-refractivity contribution in [1.82, 2.24) is 14.8 Å². The average molecular weight is 450 g/mol. The molecule has 6 heteroatoms. The number of rotatable bonds is 5. The highest BCUT2D eigenvalue weighted by atomic mass is 32.1. The Morgan fingerprint density at radius 3 is 2.69 bits per heavy atom. The van der Waals surface area contributed by atoms with Crippen molar-refractivity contribution in [3.05, 3.63) is 59.1 Å². The van der Waals surface area contributed by atoms with Crippen molar-refractivity contribution >= 4 is 33.4 Å². The Morgan fingerprint density at radius 1 is 1.19 bits per heavy atom. The lowest BCUT2D eigenvalue weighted by molar-refractivity contribution is -0.133. The van der Waals surface area contributed by atoms with Gasteiger partial charge in [0.25, 0.3) is 5.91 Å². The maximum Gasteiger partial charge on any atom is 0.271 e. The zero-order chi connectivity index (χ0) is 22.3. The lowest BCUT2D eigenvalue weighted by atomic mass is 9.89. The molecule has 168 valence electrons. The van der Waals surface area contributed by atoms with Gasteiger partial charge in [-0.15, -0.1) is 11.3 Å². The molecule has 2 atom stereocenters. The van der Waals surface area contributed by atoms with Crippen LogP contribution in [0.5, 0.6) is 0 Å². The molecule has 1 fully saturated rings. The third-order valence-corrected chi connectivity index (χ3v) is 8.16. The Bertz CT molecular complexity index is 1130. The van der Waals surface area contributed by atoms with Crippen molar-refractivity contribution in [2.45, 2.75) is 70.0 Å². The van der Waals surface area contributed by atoms with E-state index in [0.29, 0.717) is 18.8 Å². The van der Waals surface area contributed by atoms with Crippen molar-refractivity contribution in [2.75, 3.05) is 6.54 Å². The van der Waals surface area contributed by atoms with Crippen LogP contribution in [0.2, 0.25) is 0 Å². The second kappa shape index (κ2) is 8.39. The minimum atomic E-state index is -0.932. The number of hydrogen-bond donors (Lipinski definition) is 1. The molecule has 2 aromatic heterocycles. The molecule has 2 amide bonds. The molecule has 3 aromatic rings. The fraction of sp³-hybridized carbons (Fsp3) is 0.462. The molecule has 3 heterocycles. The number of carbonyl (C=O) groups excluding carboxylic acids is 2. The summed E-state index contributed by atoms with van der Waals surface area (Å²) in [5.41, 5.74) is 1.98. The summed E-state index contributed by atoms with van der Waals surface area (Å²) in [6.45, 7) is 5.07. The molecule has 0 saturated heterocycles. The molecule has 1 saturated carbocycles. The number of aromatic nitrogens is 1. The van der Waals surface area contributed by atoms with Gasteiger partial charge in [-0.1, -0.05) is 56.5 Å². The van der Waals surface area contributed by atoms with Crippen molar-refractivity contribution < 1.29 is 9.59 Å². The zero-order valence-electron chi connectivity index (χ0n) is 18.8. The Morgan fingerprint density at radius 2 is 1.94 bits per heavy atom. The molecule has 1 N–H and O–H groups in total. The number of benzene rings is 1. The molecule has 5 nitrogen and oxygen atoms in total. The van der Waals surface area contributed by atoms with Crippen LogP contribution in [0.1, 0.15) is 67.9 Å². The Labute approximate surface area is 193 Å². The van der Waals surface area contributed by atoms with Gasteiger partial charge in [0, 0.05) is 12.6 Å². The van der Waals surface area contributed by atoms with Crippen LogP contribution in [-0.2, 0) is 11.3 Å². The number of amides is 2. The molecule has 0 unspecified atom stereocenters. The third kappa shape index (κ3) is 3.64. The van der Waals surface area contributed by atoms with Gasteiger partial charge >= 0.3 is 0 Å². The minimum Gasteiger partial charge on any atom is -0.351 e. The van der Waals surface area contributed by atoms with Gasteiger partial charge in [0.15, 0.2) is 0 Å². The molecule has 32 heavy (non-hydrogen) atoms. The van der Waals surface area contributed by atoms with Crippen molar-refractivity contribution in [1.29, 1.82) is 0 Å². The summed E-state index contributed by atoms with van der Waals surface area (Å²) in [6.07, 6.45) is 5.62. The SMILES string of the molecule is C[C@@H](CN1C(=O)c2cc3sccc3n2C[C@]1(C)C(=O)NC1CCCCC1)c1ccccc1. The van der Waals surface area contributed by atoms with Crippen molar-refractivity contribution in [3.63, 3.8) is 0 Å². The summed E-state index contributed by atoms with van der Waals surface area (Å²) in [7, 11) is 0.